The van der Waals surface area contributed by atoms with Crippen molar-refractivity contribution in [1.29, 1.82) is 0 Å². The highest BCUT2D eigenvalue weighted by Crippen LogP contribution is 2.61. The van der Waals surface area contributed by atoms with E-state index in [1.807, 2.05) is 27.7 Å². The number of fused-ring (bicyclic) bond motifs is 1. The van der Waals surface area contributed by atoms with Gasteiger partial charge in [-0.2, -0.15) is 15.0 Å². The van der Waals surface area contributed by atoms with Gasteiger partial charge in [-0.25, -0.2) is 28.7 Å². The van der Waals surface area contributed by atoms with Crippen molar-refractivity contribution in [3.63, 3.8) is 0 Å². The summed E-state index contributed by atoms with van der Waals surface area (Å²) in [6, 6.07) is 2.81. The van der Waals surface area contributed by atoms with Crippen molar-refractivity contribution in [1.82, 2.24) is 63.0 Å². The monoisotopic (exact) mass is 1930 g/mol. The molecule has 55 heteroatoms. The molecule has 0 bridgehead atoms. The van der Waals surface area contributed by atoms with Gasteiger partial charge in [-0.05, 0) is 116 Å². The van der Waals surface area contributed by atoms with E-state index in [9.17, 15) is 52.9 Å². The molecule has 0 radical (unpaired) electrons. The van der Waals surface area contributed by atoms with Crippen LogP contribution in [0.3, 0.4) is 0 Å². The number of aromatic nitrogens is 12. The van der Waals surface area contributed by atoms with Crippen LogP contribution >= 0.6 is 66.4 Å². The van der Waals surface area contributed by atoms with Crippen molar-refractivity contribution < 1.29 is 98.0 Å². The van der Waals surface area contributed by atoms with Crippen LogP contribution in [0.2, 0.25) is 0 Å². The maximum absolute atomic E-state index is 14.1. The highest BCUT2D eigenvalue weighted by atomic mass is 79.9. The molecule has 5 aliphatic heterocycles. The lowest BCUT2D eigenvalue weighted by atomic mass is 9.89. The first-order valence-corrected chi connectivity index (χ1v) is 49.9. The summed E-state index contributed by atoms with van der Waals surface area (Å²) in [6.07, 6.45) is -10.1. The van der Waals surface area contributed by atoms with Gasteiger partial charge in [0.15, 0.2) is 11.2 Å². The van der Waals surface area contributed by atoms with Crippen molar-refractivity contribution in [2.45, 2.75) is 184 Å². The SMILES string of the molecule is Cc1cn([C@H]2C[C@@H](OP(=S)(OCCOCCOCCNC(=O)CC(C)(C)OC(C)(C)CN)OCC3O[C@@H](n4ccc(N)nc4=O)C[C@H]3C(C)C)C(COP(O)(=S)O[C@@H]3C[C@H](n4cnc5c(=O)[nH]c(N)nc54)OC3COP(=S)(S)O[C@@H]3C[C@H](n4ccc(N)nc4=O)OC3COP(=O)(S)O[C@@H]3C[C@H](n4cc(Br)c(=O)[nH]c4=O)OC3CO)O2)c(=O)[nH]c1=O. The number of ether oxygens (including phenoxy) is 8. The number of imidazole rings is 1. The minimum atomic E-state index is -4.61. The predicted molar refractivity (Wildman–Crippen MR) is 449 cm³/mol. The highest BCUT2D eigenvalue weighted by molar-refractivity contribution is 9.10. The number of amides is 1. The van der Waals surface area contributed by atoms with Crippen LogP contribution in [0.5, 0.6) is 0 Å². The second-order valence-corrected chi connectivity index (χ2v) is 44.6. The number of hydrogen-bond donors (Lipinski definition) is 12. The zero-order valence-electron chi connectivity index (χ0n) is 65.6. The third-order valence-electron chi connectivity index (χ3n) is 19.5. The molecule has 120 heavy (non-hydrogen) atoms. The molecular formula is C65H96BrN17O28P4S5. The van der Waals surface area contributed by atoms with E-state index in [-0.39, 0.29) is 141 Å². The van der Waals surface area contributed by atoms with Gasteiger partial charge in [-0.15, -0.1) is 0 Å². The van der Waals surface area contributed by atoms with Gasteiger partial charge in [0, 0.05) is 69.1 Å². The number of H-pyrrole nitrogens is 3. The smallest absolute Gasteiger partial charge is 0.386 e. The van der Waals surface area contributed by atoms with Gasteiger partial charge >= 0.3 is 43.0 Å². The van der Waals surface area contributed by atoms with Crippen LogP contribution in [0.25, 0.3) is 11.2 Å². The summed E-state index contributed by atoms with van der Waals surface area (Å²) < 4.78 is 126. The Morgan fingerprint density at radius 1 is 0.633 bits per heavy atom. The molecular weight excluding hydrogens is 1830 g/mol. The lowest BCUT2D eigenvalue weighted by molar-refractivity contribution is -0.142. The van der Waals surface area contributed by atoms with E-state index >= 15 is 0 Å². The molecule has 5 saturated heterocycles. The molecule has 1 amide bonds. The number of anilines is 3. The molecule has 6 aromatic rings. The summed E-state index contributed by atoms with van der Waals surface area (Å²) in [5.74, 6) is -0.858. The third kappa shape index (κ3) is 25.4. The number of thiol groups is 2. The summed E-state index contributed by atoms with van der Waals surface area (Å²) in [6.45, 7) is -2.75. The van der Waals surface area contributed by atoms with Crippen LogP contribution in [0.1, 0.15) is 117 Å². The van der Waals surface area contributed by atoms with E-state index in [4.69, 9.17) is 149 Å². The minimum absolute atomic E-state index is 0.00646. The number of carbonyl (C=O) groups is 1. The molecule has 45 nitrogen and oxygen atoms in total. The van der Waals surface area contributed by atoms with Gasteiger partial charge in [0.05, 0.1) is 119 Å². The molecule has 666 valence electrons. The van der Waals surface area contributed by atoms with Crippen molar-refractivity contribution in [3.8, 4) is 0 Å². The van der Waals surface area contributed by atoms with E-state index in [0.717, 1.165) is 13.7 Å². The van der Waals surface area contributed by atoms with E-state index < -0.39 is 189 Å². The Morgan fingerprint density at radius 3 is 1.74 bits per heavy atom. The lowest BCUT2D eigenvalue weighted by Gasteiger charge is -2.35. The standard InChI is InChI=1S/C65H96BrN17O28P4S5/c1-33(2)35-18-49(79-11-8-46(68)73-60(79)89)103-42(35)27-100-114(118,97-17-16-96-15-14-95-13-10-71-48(85)23-64(4,5)111-65(6,7)31-67)109-39-21-51(81-24-34(3)56(86)77-62(81)91)105-43(39)28-98-113(94,117)108-38-20-53(83-32-72-54-55(83)75-59(70)76-58(54)88)106-45(38)30-101-115(119,120)110-40-22-50(80-12-9-47(69)74-61(80)90)104-44(40)29-99-112(93,116)107-37-19-52(102-41(37)26-84)82-25-36(66)57(87)78-63(82)92/h8-9,11-12,24-25,32-33,35,37-45,49-53,84H,10,13-23,26-31,67H2,1-7H3,(H,71,85)(H,93,116)(H,94,117)(H,119,120)(H2,68,73,89)(H2,69,74,90)(H,77,86,91)(H,78,87,92)(H3,70,75,76,88)/t35-,37+,38+,39+,40+,41?,42?,43?,44?,45?,49+,50+,51+,52+,53+,112?,113?,114?/m0/s1. The third-order valence-corrected chi connectivity index (χ3v) is 27.9. The summed E-state index contributed by atoms with van der Waals surface area (Å²) in [5.41, 5.74) is 12.9. The van der Waals surface area contributed by atoms with Gasteiger partial charge < -0.3 is 108 Å². The van der Waals surface area contributed by atoms with Gasteiger partial charge in [-0.3, -0.25) is 66.0 Å². The molecule has 5 fully saturated rings. The van der Waals surface area contributed by atoms with E-state index in [1.54, 1.807) is 13.8 Å². The second-order valence-electron chi connectivity index (χ2n) is 29.9. The molecule has 9 unspecified atom stereocenters. The Labute approximate surface area is 717 Å². The molecule has 0 saturated carbocycles. The van der Waals surface area contributed by atoms with Crippen LogP contribution in [0.4, 0.5) is 17.6 Å². The number of nitrogens with zero attached hydrogens (tertiary/aromatic N) is 9. The van der Waals surface area contributed by atoms with Crippen LogP contribution in [-0.4, -0.2) is 219 Å². The van der Waals surface area contributed by atoms with E-state index in [1.165, 1.54) is 59.3 Å². The molecule has 0 aliphatic carbocycles. The van der Waals surface area contributed by atoms with Gasteiger partial charge in [0.25, 0.3) is 16.7 Å². The van der Waals surface area contributed by atoms with Crippen LogP contribution in [0.15, 0.2) is 81.3 Å². The number of nitrogens with two attached hydrogens (primary N) is 4. The Kier molecular flexibility index (Phi) is 32.4. The molecule has 5 aliphatic rings. The minimum Gasteiger partial charge on any atom is -0.394 e. The molecule has 11 heterocycles. The lowest BCUT2D eigenvalue weighted by Crippen LogP contribution is -2.44. The second kappa shape index (κ2) is 40.7. The quantitative estimate of drug-likeness (QED) is 0.0149. The first-order chi connectivity index (χ1) is 56.5. The first-order valence-electron chi connectivity index (χ1n) is 37.5. The topological polar surface area (TPSA) is 591 Å². The normalized spacial score (nSPS) is 26.8. The zero-order valence-corrected chi connectivity index (χ0v) is 75.0. The summed E-state index contributed by atoms with van der Waals surface area (Å²) in [5, 5.41) is 13.1. The van der Waals surface area contributed by atoms with Crippen molar-refractivity contribution >= 4 is 136 Å². The first kappa shape index (κ1) is 95.6. The van der Waals surface area contributed by atoms with Gasteiger partial charge in [0.1, 0.15) is 73.3 Å². The van der Waals surface area contributed by atoms with Crippen molar-refractivity contribution in [2.24, 2.45) is 17.6 Å². The molecule has 14 N–H and O–H groups in total. The van der Waals surface area contributed by atoms with Crippen molar-refractivity contribution in [3.05, 3.63) is 126 Å². The van der Waals surface area contributed by atoms with E-state index in [2.05, 4.69) is 68.4 Å². The largest absolute Gasteiger partial charge is 0.394 e. The number of nitrogen functional groups attached to an aromatic ring is 3. The maximum Gasteiger partial charge on any atom is 0.386 e. The van der Waals surface area contributed by atoms with Crippen LogP contribution < -0.4 is 67.7 Å². The number of nitrogens with one attached hydrogen (secondary N) is 4. The Hall–Kier alpha value is -5.10. The Morgan fingerprint density at radius 2 is 1.14 bits per heavy atom. The summed E-state index contributed by atoms with van der Waals surface area (Å²) in [7, 11) is 0. The Bertz CT molecular complexity index is 5280. The van der Waals surface area contributed by atoms with E-state index in [0.29, 0.717) is 6.42 Å². The predicted octanol–water partition coefficient (Wildman–Crippen LogP) is 2.58. The summed E-state index contributed by atoms with van der Waals surface area (Å²) in [4.78, 5) is 139. The molecule has 19 atom stereocenters. The average Bonchev–Trinajstić information content (AvgIpc) is 1.63. The fourth-order valence-corrected chi connectivity index (χ4v) is 21.3. The molecule has 6 aromatic heterocycles. The molecule has 0 aromatic carbocycles. The Balaban J connectivity index is 0.797. The highest BCUT2D eigenvalue weighted by Gasteiger charge is 2.49. The summed E-state index contributed by atoms with van der Waals surface area (Å²) >= 11 is 29.9. The zero-order chi connectivity index (χ0) is 87.1. The van der Waals surface area contributed by atoms with Gasteiger partial charge in [-0.1, -0.05) is 38.3 Å². The number of carbonyl (C=O) groups excluding carboxylic acids is 1. The number of aromatic amines is 3. The number of aliphatic hydroxyl groups excluding tert-OH is 1. The maximum atomic E-state index is 14.1. The fourth-order valence-electron chi connectivity index (χ4n) is 13.9. The number of aliphatic hydroxyl groups is 1. The fraction of sp³-hybridized carbons (Fsp3) is 0.662. The average molecular weight is 1930 g/mol. The number of aryl methyl sites for hydroxylation is 1. The van der Waals surface area contributed by atoms with Gasteiger partial charge in [0.2, 0.25) is 17.5 Å². The van der Waals surface area contributed by atoms with Crippen molar-refractivity contribution in [2.75, 3.05) is 96.4 Å². The molecule has 0 spiro atoms. The number of halogens is 1. The van der Waals surface area contributed by atoms with Crippen LogP contribution in [0, 0.1) is 18.8 Å². The number of hydrogen-bond acceptors (Lipinski definition) is 38. The van der Waals surface area contributed by atoms with Crippen LogP contribution in [-0.2, 0) is 123 Å². The molecule has 11 rings (SSSR count). The number of rotatable bonds is 42.